The van der Waals surface area contributed by atoms with Crippen molar-refractivity contribution < 1.29 is 13.3 Å². The van der Waals surface area contributed by atoms with Gasteiger partial charge in [-0.05, 0) is 18.6 Å². The molecule has 0 fully saturated rings. The first-order valence-electron chi connectivity index (χ1n) is 5.71. The summed E-state index contributed by atoms with van der Waals surface area (Å²) in [4.78, 5) is 10.3. The lowest BCUT2D eigenvalue weighted by Gasteiger charge is -2.08. The van der Waals surface area contributed by atoms with E-state index in [1.165, 1.54) is 12.1 Å². The lowest BCUT2D eigenvalue weighted by atomic mass is 10.1. The zero-order valence-electron chi connectivity index (χ0n) is 10.8. The van der Waals surface area contributed by atoms with Gasteiger partial charge in [0.2, 0.25) is 10.0 Å². The van der Waals surface area contributed by atoms with E-state index in [1.807, 2.05) is 0 Å². The maximum Gasteiger partial charge on any atom is 0.309 e. The molecule has 1 aromatic carbocycles. The molecule has 2 N–H and O–H groups in total. The Kier molecular flexibility index (Phi) is 5.42. The summed E-state index contributed by atoms with van der Waals surface area (Å²) in [5.41, 5.74) is -0.0475. The number of sulfonamides is 1. The van der Waals surface area contributed by atoms with Crippen molar-refractivity contribution in [1.29, 1.82) is 5.26 Å². The molecule has 0 aromatic heterocycles. The number of nitro benzene ring substituents is 1. The van der Waals surface area contributed by atoms with E-state index in [2.05, 4.69) is 10.0 Å². The highest BCUT2D eigenvalue weighted by molar-refractivity contribution is 7.88. The van der Waals surface area contributed by atoms with Crippen molar-refractivity contribution in [3.8, 4) is 6.07 Å². The van der Waals surface area contributed by atoms with Gasteiger partial charge in [-0.15, -0.1) is 0 Å². The molecule has 1 aromatic rings. The number of hydrogen-bond acceptors (Lipinski definition) is 6. The molecule has 0 spiro atoms. The summed E-state index contributed by atoms with van der Waals surface area (Å²) in [5, 5.41) is 22.6. The van der Waals surface area contributed by atoms with Crippen molar-refractivity contribution in [3.63, 3.8) is 0 Å². The number of nitrogens with one attached hydrogen (secondary N) is 2. The van der Waals surface area contributed by atoms with Crippen molar-refractivity contribution in [2.45, 2.75) is 6.42 Å². The van der Waals surface area contributed by atoms with Crippen LogP contribution in [0.3, 0.4) is 0 Å². The van der Waals surface area contributed by atoms with Crippen LogP contribution in [0.2, 0.25) is 0 Å². The first-order valence-corrected chi connectivity index (χ1v) is 7.60. The van der Waals surface area contributed by atoms with Crippen LogP contribution in [-0.4, -0.2) is 32.7 Å². The average Bonchev–Trinajstić information content (AvgIpc) is 2.36. The SMILES string of the molecule is CS(=O)(=O)NCCCNc1cccc(C#N)c1[N+](=O)[O-]. The Bertz CT molecular complexity index is 636. The van der Waals surface area contributed by atoms with Gasteiger partial charge in [0, 0.05) is 13.1 Å². The molecule has 0 saturated heterocycles. The molecule has 0 bridgehead atoms. The van der Waals surface area contributed by atoms with Gasteiger partial charge in [-0.25, -0.2) is 13.1 Å². The Hall–Kier alpha value is -2.18. The quantitative estimate of drug-likeness (QED) is 0.436. The number of nitriles is 1. The zero-order valence-corrected chi connectivity index (χ0v) is 11.6. The van der Waals surface area contributed by atoms with Gasteiger partial charge in [-0.2, -0.15) is 5.26 Å². The third-order valence-electron chi connectivity index (χ3n) is 2.37. The Labute approximate surface area is 116 Å². The van der Waals surface area contributed by atoms with E-state index in [0.717, 1.165) is 6.26 Å². The molecule has 0 aliphatic rings. The Morgan fingerprint density at radius 1 is 1.40 bits per heavy atom. The van der Waals surface area contributed by atoms with Crippen LogP contribution in [0.5, 0.6) is 0 Å². The lowest BCUT2D eigenvalue weighted by molar-refractivity contribution is -0.384. The fraction of sp³-hybridized carbons (Fsp3) is 0.364. The molecule has 1 rings (SSSR count). The summed E-state index contributed by atoms with van der Waals surface area (Å²) in [6.07, 6.45) is 1.52. The van der Waals surface area contributed by atoms with E-state index in [-0.39, 0.29) is 23.5 Å². The van der Waals surface area contributed by atoms with E-state index >= 15 is 0 Å². The predicted molar refractivity (Wildman–Crippen MR) is 73.8 cm³/mol. The van der Waals surface area contributed by atoms with Crippen molar-refractivity contribution in [3.05, 3.63) is 33.9 Å². The highest BCUT2D eigenvalue weighted by Gasteiger charge is 2.18. The maximum atomic E-state index is 10.9. The van der Waals surface area contributed by atoms with Crippen LogP contribution in [-0.2, 0) is 10.0 Å². The number of nitrogens with zero attached hydrogens (tertiary/aromatic N) is 2. The summed E-state index contributed by atoms with van der Waals surface area (Å²) in [6.45, 7) is 0.579. The molecular formula is C11H14N4O4S. The molecule has 9 heteroatoms. The summed E-state index contributed by atoms with van der Waals surface area (Å²) >= 11 is 0. The van der Waals surface area contributed by atoms with Gasteiger partial charge in [0.1, 0.15) is 17.3 Å². The summed E-state index contributed by atoms with van der Waals surface area (Å²) in [5.74, 6) is 0. The normalized spacial score (nSPS) is 10.8. The van der Waals surface area contributed by atoms with Gasteiger partial charge in [-0.3, -0.25) is 10.1 Å². The van der Waals surface area contributed by atoms with Crippen LogP contribution in [0.15, 0.2) is 18.2 Å². The summed E-state index contributed by atoms with van der Waals surface area (Å²) in [6, 6.07) is 6.18. The largest absolute Gasteiger partial charge is 0.379 e. The number of hydrogen-bond donors (Lipinski definition) is 2. The second kappa shape index (κ2) is 6.83. The average molecular weight is 298 g/mol. The second-order valence-corrected chi connectivity index (χ2v) is 5.85. The maximum absolute atomic E-state index is 10.9. The number of nitro groups is 1. The molecule has 0 aliphatic carbocycles. The molecule has 0 amide bonds. The van der Waals surface area contributed by atoms with Crippen LogP contribution >= 0.6 is 0 Å². The summed E-state index contributed by atoms with van der Waals surface area (Å²) in [7, 11) is -3.23. The van der Waals surface area contributed by atoms with Gasteiger partial charge in [-0.1, -0.05) is 6.07 Å². The van der Waals surface area contributed by atoms with E-state index in [4.69, 9.17) is 5.26 Å². The Morgan fingerprint density at radius 3 is 2.65 bits per heavy atom. The fourth-order valence-corrected chi connectivity index (χ4v) is 2.06. The van der Waals surface area contributed by atoms with Gasteiger partial charge in [0.05, 0.1) is 11.2 Å². The van der Waals surface area contributed by atoms with Crippen LogP contribution < -0.4 is 10.0 Å². The zero-order chi connectivity index (χ0) is 15.2. The smallest absolute Gasteiger partial charge is 0.309 e. The molecule has 0 atom stereocenters. The number of anilines is 1. The van der Waals surface area contributed by atoms with Crippen LogP contribution in [0.4, 0.5) is 11.4 Å². The van der Waals surface area contributed by atoms with Crippen molar-refractivity contribution in [2.24, 2.45) is 0 Å². The minimum absolute atomic E-state index is 0.0192. The van der Waals surface area contributed by atoms with Gasteiger partial charge < -0.3 is 5.32 Å². The van der Waals surface area contributed by atoms with E-state index in [0.29, 0.717) is 13.0 Å². The highest BCUT2D eigenvalue weighted by Crippen LogP contribution is 2.27. The minimum atomic E-state index is -3.23. The minimum Gasteiger partial charge on any atom is -0.379 e. The number of benzene rings is 1. The third-order valence-corrected chi connectivity index (χ3v) is 3.10. The molecule has 0 aliphatic heterocycles. The standard InChI is InChI=1S/C11H14N4O4S/c1-20(18,19)14-7-3-6-13-10-5-2-4-9(8-12)11(10)15(16)17/h2,4-5,13-14H,3,6-7H2,1H3. The molecular weight excluding hydrogens is 284 g/mol. The predicted octanol–water partition coefficient (Wildman–Crippen LogP) is 0.818. The molecule has 0 saturated carbocycles. The first kappa shape index (κ1) is 15.9. The van der Waals surface area contributed by atoms with Gasteiger partial charge in [0.25, 0.3) is 0 Å². The number of rotatable bonds is 7. The van der Waals surface area contributed by atoms with E-state index in [9.17, 15) is 18.5 Å². The summed E-state index contributed by atoms with van der Waals surface area (Å²) < 4.78 is 24.0. The molecule has 20 heavy (non-hydrogen) atoms. The van der Waals surface area contributed by atoms with Crippen LogP contribution in [0.1, 0.15) is 12.0 Å². The van der Waals surface area contributed by atoms with Gasteiger partial charge >= 0.3 is 5.69 Å². The van der Waals surface area contributed by atoms with Crippen molar-refractivity contribution in [1.82, 2.24) is 4.72 Å². The van der Waals surface area contributed by atoms with Crippen molar-refractivity contribution in [2.75, 3.05) is 24.7 Å². The third kappa shape index (κ3) is 4.83. The Morgan fingerprint density at radius 2 is 2.10 bits per heavy atom. The number of para-hydroxylation sites is 1. The first-order chi connectivity index (χ1) is 9.35. The monoisotopic (exact) mass is 298 g/mol. The van der Waals surface area contributed by atoms with Gasteiger partial charge in [0.15, 0.2) is 0 Å². The molecule has 0 heterocycles. The fourth-order valence-electron chi connectivity index (χ4n) is 1.54. The molecule has 0 unspecified atom stereocenters. The van der Waals surface area contributed by atoms with E-state index in [1.54, 1.807) is 12.1 Å². The van der Waals surface area contributed by atoms with Crippen LogP contribution in [0.25, 0.3) is 0 Å². The van der Waals surface area contributed by atoms with Crippen molar-refractivity contribution >= 4 is 21.4 Å². The highest BCUT2D eigenvalue weighted by atomic mass is 32.2. The van der Waals surface area contributed by atoms with E-state index < -0.39 is 14.9 Å². The van der Waals surface area contributed by atoms with Crippen LogP contribution in [0, 0.1) is 21.4 Å². The molecule has 0 radical (unpaired) electrons. The Balaban J connectivity index is 2.65. The lowest BCUT2D eigenvalue weighted by Crippen LogP contribution is -2.24. The molecule has 8 nitrogen and oxygen atoms in total. The second-order valence-electron chi connectivity index (χ2n) is 4.02. The topological polar surface area (TPSA) is 125 Å². The molecule has 108 valence electrons.